The maximum Gasteiger partial charge on any atom is 0.123 e. The molecule has 0 amide bonds. The Hall–Kier alpha value is -0.120. The Balaban J connectivity index is 2.35. The van der Waals surface area contributed by atoms with E-state index >= 15 is 0 Å². The van der Waals surface area contributed by atoms with Crippen LogP contribution < -0.4 is 5.31 Å². The summed E-state index contributed by atoms with van der Waals surface area (Å²) in [6.45, 7) is 7.94. The molecule has 0 saturated carbocycles. The minimum Gasteiger partial charge on any atom is -0.383 e. The Morgan fingerprint density at radius 1 is 1.50 bits per heavy atom. The van der Waals surface area contributed by atoms with Crippen LogP contribution in [0.3, 0.4) is 0 Å². The van der Waals surface area contributed by atoms with Gasteiger partial charge in [-0.25, -0.2) is 0 Å². The van der Waals surface area contributed by atoms with E-state index in [1.54, 1.807) is 12.4 Å². The zero-order valence-corrected chi connectivity index (χ0v) is 8.29. The second kappa shape index (κ2) is 4.80. The van der Waals surface area contributed by atoms with Gasteiger partial charge in [0.05, 0.1) is 6.61 Å². The Bertz CT molecular complexity index is 145. The van der Waals surface area contributed by atoms with Crippen molar-refractivity contribution in [3.8, 4) is 0 Å². The molecule has 0 unspecified atom stereocenters. The maximum absolute atomic E-state index is 7.73. The molecule has 1 fully saturated rings. The average Bonchev–Trinajstić information content (AvgIpc) is 2.10. The molecule has 1 aliphatic heterocycles. The maximum atomic E-state index is 7.73. The second-order valence-electron chi connectivity index (χ2n) is 3.60. The van der Waals surface area contributed by atoms with E-state index in [9.17, 15) is 0 Å². The van der Waals surface area contributed by atoms with Crippen LogP contribution in [-0.4, -0.2) is 50.3 Å². The highest BCUT2D eigenvalue weighted by molar-refractivity contribution is 4.80. The van der Waals surface area contributed by atoms with Crippen LogP contribution in [0.25, 0.3) is 0 Å². The van der Waals surface area contributed by atoms with E-state index in [0.717, 1.165) is 26.2 Å². The Labute approximate surface area is 76.5 Å². The van der Waals surface area contributed by atoms with E-state index in [1.165, 1.54) is 0 Å². The van der Waals surface area contributed by atoms with Crippen molar-refractivity contribution in [2.75, 3.05) is 33.4 Å². The zero-order valence-electron chi connectivity index (χ0n) is 9.29. The summed E-state index contributed by atoms with van der Waals surface area (Å²) in [6.07, 6.45) is 0. The quantitative estimate of drug-likeness (QED) is 0.665. The van der Waals surface area contributed by atoms with E-state index in [2.05, 4.69) is 18.7 Å². The fourth-order valence-electron chi connectivity index (χ4n) is 1.75. The molecule has 0 bridgehead atoms. The van der Waals surface area contributed by atoms with Crippen molar-refractivity contribution in [2.45, 2.75) is 25.9 Å². The van der Waals surface area contributed by atoms with Crippen molar-refractivity contribution < 1.29 is 6.15 Å². The molecule has 1 saturated heterocycles. The lowest BCUT2D eigenvalue weighted by atomic mass is 10.1. The van der Waals surface area contributed by atoms with Crippen LogP contribution in [0, 0.1) is 0 Å². The van der Waals surface area contributed by atoms with Crippen molar-refractivity contribution in [3.05, 3.63) is 0 Å². The fourth-order valence-corrected chi connectivity index (χ4v) is 1.75. The monoisotopic (exact) mass is 173 g/mol. The molecule has 72 valence electrons. The summed E-state index contributed by atoms with van der Waals surface area (Å²) in [5.41, 5.74) is 0. The molecule has 1 rings (SSSR count). The molecule has 0 radical (unpaired) electrons. The first-order valence-corrected chi connectivity index (χ1v) is 4.63. The number of piperazine rings is 1. The number of rotatable bonds is 3. The van der Waals surface area contributed by atoms with Gasteiger partial charge in [0.2, 0.25) is 0 Å². The Kier molecular flexibility index (Phi) is 3.39. The van der Waals surface area contributed by atoms with Gasteiger partial charge in [-0.1, -0.05) is 0 Å². The summed E-state index contributed by atoms with van der Waals surface area (Å²) in [5, 5.41) is 1.70. The van der Waals surface area contributed by atoms with Gasteiger partial charge < -0.3 is 10.0 Å². The lowest BCUT2D eigenvalue weighted by Gasteiger charge is -2.35. The van der Waals surface area contributed by atoms with E-state index in [-0.39, 0.29) is 0 Å². The fraction of sp³-hybridized carbons (Fsp3) is 1.00. The molecule has 12 heavy (non-hydrogen) atoms. The molecule has 0 aromatic rings. The smallest absolute Gasteiger partial charge is 0.123 e. The number of hydrogen-bond acceptors (Lipinski definition) is 3. The van der Waals surface area contributed by atoms with E-state index in [1.807, 2.05) is 0 Å². The van der Waals surface area contributed by atoms with Gasteiger partial charge in [0.1, 0.15) is 1.41 Å². The van der Waals surface area contributed by atoms with Gasteiger partial charge in [-0.3, -0.25) is 4.90 Å². The highest BCUT2D eigenvalue weighted by Crippen LogP contribution is 2.02. The van der Waals surface area contributed by atoms with E-state index in [0.29, 0.717) is 12.1 Å². The van der Waals surface area contributed by atoms with Gasteiger partial charge in [-0.05, 0) is 13.8 Å². The molecule has 0 aromatic carbocycles. The number of ether oxygens (including phenoxy) is 1. The van der Waals surface area contributed by atoms with Crippen LogP contribution in [0.1, 0.15) is 13.8 Å². The predicted molar refractivity (Wildman–Crippen MR) is 50.4 cm³/mol. The van der Waals surface area contributed by atoms with Gasteiger partial charge in [0.25, 0.3) is 0 Å². The molecule has 2 atom stereocenters. The standard InChI is InChI=1S/C9H20N2O/c1-8-6-11(4-5-12-3)7-9(2)10-8/h8-10H,4-7H2,1-3H3/t8-,9+/i/hD. The molecule has 3 heteroatoms. The van der Waals surface area contributed by atoms with Gasteiger partial charge in [0, 0.05) is 38.8 Å². The number of hydrogen-bond donors (Lipinski definition) is 1. The third kappa shape index (κ3) is 3.09. The molecule has 0 aliphatic carbocycles. The van der Waals surface area contributed by atoms with Crippen LogP contribution in [0.4, 0.5) is 0 Å². The van der Waals surface area contributed by atoms with Crippen LogP contribution in [0.15, 0.2) is 0 Å². The minimum atomic E-state index is 0.334. The highest BCUT2D eigenvalue weighted by atomic mass is 16.5. The van der Waals surface area contributed by atoms with E-state index < -0.39 is 0 Å². The predicted octanol–water partition coefficient (Wildman–Crippen LogP) is 0.315. The molecule has 1 N–H and O–H groups in total. The molecule has 3 nitrogen and oxygen atoms in total. The SMILES string of the molecule is [2H]N1[C@H](C)CN(CCOC)C[C@@H]1C. The molecular formula is C9H20N2O. The zero-order chi connectivity index (χ0) is 9.84. The summed E-state index contributed by atoms with van der Waals surface area (Å²) >= 11 is 0. The van der Waals surface area contributed by atoms with Crippen LogP contribution in [0.5, 0.6) is 0 Å². The highest BCUT2D eigenvalue weighted by Gasteiger charge is 2.19. The topological polar surface area (TPSA) is 24.5 Å². The minimum absolute atomic E-state index is 0.334. The third-order valence-electron chi connectivity index (χ3n) is 2.17. The van der Waals surface area contributed by atoms with Crippen LogP contribution >= 0.6 is 0 Å². The molecule has 0 aromatic heterocycles. The average molecular weight is 173 g/mol. The van der Waals surface area contributed by atoms with Crippen LogP contribution in [-0.2, 0) is 4.74 Å². The number of methoxy groups -OCH3 is 1. The number of nitrogens with one attached hydrogen (secondary N) is 1. The van der Waals surface area contributed by atoms with Gasteiger partial charge in [-0.15, -0.1) is 0 Å². The van der Waals surface area contributed by atoms with Gasteiger partial charge >= 0.3 is 0 Å². The van der Waals surface area contributed by atoms with Gasteiger partial charge in [0.15, 0.2) is 0 Å². The molecule has 0 spiro atoms. The van der Waals surface area contributed by atoms with Crippen molar-refractivity contribution in [1.82, 2.24) is 10.2 Å². The first-order chi connectivity index (χ1) is 6.15. The molecule has 1 heterocycles. The van der Waals surface area contributed by atoms with Crippen molar-refractivity contribution in [3.63, 3.8) is 0 Å². The summed E-state index contributed by atoms with van der Waals surface area (Å²) in [4.78, 5) is 2.36. The van der Waals surface area contributed by atoms with Crippen molar-refractivity contribution in [2.24, 2.45) is 0 Å². The van der Waals surface area contributed by atoms with Crippen molar-refractivity contribution >= 4 is 0 Å². The normalized spacial score (nSPS) is 35.1. The second-order valence-corrected chi connectivity index (χ2v) is 3.60. The summed E-state index contributed by atoms with van der Waals surface area (Å²) in [6, 6.07) is 0.668. The molecular weight excluding hydrogens is 152 g/mol. The van der Waals surface area contributed by atoms with Gasteiger partial charge in [-0.2, -0.15) is 0 Å². The Morgan fingerprint density at radius 3 is 2.58 bits per heavy atom. The Morgan fingerprint density at radius 2 is 2.08 bits per heavy atom. The first-order valence-electron chi connectivity index (χ1n) is 5.08. The lowest BCUT2D eigenvalue weighted by molar-refractivity contribution is 0.115. The number of nitrogens with zero attached hydrogens (tertiary/aromatic N) is 1. The summed E-state index contributed by atoms with van der Waals surface area (Å²) in [7, 11) is 1.73. The largest absolute Gasteiger partial charge is 0.383 e. The summed E-state index contributed by atoms with van der Waals surface area (Å²) in [5.74, 6) is 0. The van der Waals surface area contributed by atoms with E-state index in [4.69, 9.17) is 6.15 Å². The summed E-state index contributed by atoms with van der Waals surface area (Å²) < 4.78 is 12.8. The molecule has 1 aliphatic rings. The lowest BCUT2D eigenvalue weighted by Crippen LogP contribution is -2.54. The third-order valence-corrected chi connectivity index (χ3v) is 2.17. The van der Waals surface area contributed by atoms with Crippen LogP contribution in [0.2, 0.25) is 1.41 Å². The van der Waals surface area contributed by atoms with Crippen molar-refractivity contribution in [1.29, 1.82) is 0 Å². The first kappa shape index (κ1) is 8.48.